The molecule has 7 heavy (non-hydrogen) atoms. The number of rotatable bonds is 1. The molecular weight excluding hydrogens is 100 g/mol. The fourth-order valence-electron chi connectivity index (χ4n) is 0. The molecule has 0 radical (unpaired) electrons. The molecule has 0 aromatic carbocycles. The van der Waals surface area contributed by atoms with Gasteiger partial charge in [0.1, 0.15) is 6.17 Å². The number of hydrogen-bond acceptors (Lipinski definition) is 5. The molecule has 0 saturated carbocycles. The molecule has 0 aliphatic carbocycles. The summed E-state index contributed by atoms with van der Waals surface area (Å²) in [4.78, 5) is 0. The highest BCUT2D eigenvalue weighted by Gasteiger charge is 2.24. The topological polar surface area (TPSA) is 113 Å². The molecule has 0 aromatic heterocycles. The van der Waals surface area contributed by atoms with Crippen LogP contribution in [0, 0.1) is 0 Å². The van der Waals surface area contributed by atoms with Gasteiger partial charge in [0.15, 0.2) is 0 Å². The standard InChI is InChI=1S/C2H8N2O3/c3-1(4)2(5,6)7/h1,5-7H,3-4H2. The summed E-state index contributed by atoms with van der Waals surface area (Å²) in [6.45, 7) is 0. The lowest BCUT2D eigenvalue weighted by molar-refractivity contribution is -0.321. The van der Waals surface area contributed by atoms with E-state index in [0.29, 0.717) is 0 Å². The van der Waals surface area contributed by atoms with E-state index in [0.717, 1.165) is 0 Å². The van der Waals surface area contributed by atoms with Crippen LogP contribution in [0.15, 0.2) is 0 Å². The molecule has 7 N–H and O–H groups in total. The first kappa shape index (κ1) is 6.80. The summed E-state index contributed by atoms with van der Waals surface area (Å²) in [7, 11) is 0. The van der Waals surface area contributed by atoms with Crippen molar-refractivity contribution in [1.29, 1.82) is 0 Å². The summed E-state index contributed by atoms with van der Waals surface area (Å²) < 4.78 is 0. The Labute approximate surface area is 40.2 Å². The largest absolute Gasteiger partial charge is 0.341 e. The summed E-state index contributed by atoms with van der Waals surface area (Å²) in [5.41, 5.74) is 9.19. The highest BCUT2D eigenvalue weighted by Crippen LogP contribution is 1.89. The van der Waals surface area contributed by atoms with Gasteiger partial charge in [-0.1, -0.05) is 0 Å². The molecule has 0 aliphatic heterocycles. The molecule has 44 valence electrons. The molecule has 5 heteroatoms. The molecule has 0 amide bonds. The molecule has 0 fully saturated rings. The average Bonchev–Trinajstić information content (AvgIpc) is 1.31. The van der Waals surface area contributed by atoms with Gasteiger partial charge in [0, 0.05) is 0 Å². The number of nitrogens with two attached hydrogens (primary N) is 2. The minimum atomic E-state index is -2.94. The van der Waals surface area contributed by atoms with Crippen LogP contribution < -0.4 is 11.5 Å². The number of hydrogen-bond donors (Lipinski definition) is 5. The predicted molar refractivity (Wildman–Crippen MR) is 21.6 cm³/mol. The van der Waals surface area contributed by atoms with Crippen LogP contribution in [0.5, 0.6) is 0 Å². The Morgan fingerprint density at radius 3 is 1.29 bits per heavy atom. The van der Waals surface area contributed by atoms with Gasteiger partial charge in [0.05, 0.1) is 0 Å². The van der Waals surface area contributed by atoms with Gasteiger partial charge in [-0.2, -0.15) is 0 Å². The van der Waals surface area contributed by atoms with Gasteiger partial charge >= 0.3 is 5.97 Å². The van der Waals surface area contributed by atoms with E-state index in [1.54, 1.807) is 0 Å². The molecule has 0 bridgehead atoms. The third-order valence-electron chi connectivity index (χ3n) is 0.447. The summed E-state index contributed by atoms with van der Waals surface area (Å²) in [5, 5.41) is 23.9. The summed E-state index contributed by atoms with van der Waals surface area (Å²) >= 11 is 0. The molecule has 0 aliphatic rings. The van der Waals surface area contributed by atoms with Crippen molar-refractivity contribution in [2.75, 3.05) is 0 Å². The SMILES string of the molecule is NC(N)C(O)(O)O. The van der Waals surface area contributed by atoms with Gasteiger partial charge in [-0.05, 0) is 0 Å². The lowest BCUT2D eigenvalue weighted by Crippen LogP contribution is -2.53. The van der Waals surface area contributed by atoms with Crippen molar-refractivity contribution in [2.24, 2.45) is 11.5 Å². The van der Waals surface area contributed by atoms with E-state index < -0.39 is 12.1 Å². The van der Waals surface area contributed by atoms with Crippen LogP contribution in [0.25, 0.3) is 0 Å². The van der Waals surface area contributed by atoms with Crippen molar-refractivity contribution in [3.05, 3.63) is 0 Å². The Balaban J connectivity index is 3.54. The maximum absolute atomic E-state index is 7.96. The molecule has 5 nitrogen and oxygen atoms in total. The summed E-state index contributed by atoms with van der Waals surface area (Å²) in [6, 6.07) is 0. The Morgan fingerprint density at radius 2 is 1.29 bits per heavy atom. The Hall–Kier alpha value is -0.200. The molecular formula is C2H8N2O3. The van der Waals surface area contributed by atoms with E-state index in [-0.39, 0.29) is 0 Å². The van der Waals surface area contributed by atoms with Gasteiger partial charge in [0.25, 0.3) is 0 Å². The van der Waals surface area contributed by atoms with Crippen LogP contribution in [0.2, 0.25) is 0 Å². The van der Waals surface area contributed by atoms with Crippen molar-refractivity contribution in [2.45, 2.75) is 12.1 Å². The van der Waals surface area contributed by atoms with Crippen molar-refractivity contribution in [1.82, 2.24) is 0 Å². The fraction of sp³-hybridized carbons (Fsp3) is 1.00. The lowest BCUT2D eigenvalue weighted by Gasteiger charge is -2.16. The Bertz CT molecular complexity index is 56.4. The highest BCUT2D eigenvalue weighted by atomic mass is 16.7. The molecule has 0 aromatic rings. The van der Waals surface area contributed by atoms with E-state index in [4.69, 9.17) is 15.3 Å². The average molecular weight is 108 g/mol. The third kappa shape index (κ3) is 2.49. The molecule has 0 spiro atoms. The van der Waals surface area contributed by atoms with Crippen molar-refractivity contribution >= 4 is 0 Å². The third-order valence-corrected chi connectivity index (χ3v) is 0.447. The summed E-state index contributed by atoms with van der Waals surface area (Å²) in [5.74, 6) is -2.94. The minimum absolute atomic E-state index is 1.53. The minimum Gasteiger partial charge on any atom is -0.341 e. The first-order chi connectivity index (χ1) is 2.94. The van der Waals surface area contributed by atoms with E-state index in [9.17, 15) is 0 Å². The van der Waals surface area contributed by atoms with Crippen molar-refractivity contribution in [3.63, 3.8) is 0 Å². The van der Waals surface area contributed by atoms with E-state index in [1.165, 1.54) is 0 Å². The normalized spacial score (nSPS) is 12.9. The predicted octanol–water partition coefficient (Wildman–Crippen LogP) is -3.14. The molecule has 0 heterocycles. The van der Waals surface area contributed by atoms with Crippen molar-refractivity contribution in [3.8, 4) is 0 Å². The van der Waals surface area contributed by atoms with E-state index in [1.807, 2.05) is 0 Å². The van der Waals surface area contributed by atoms with Crippen molar-refractivity contribution < 1.29 is 15.3 Å². The first-order valence-corrected chi connectivity index (χ1v) is 1.63. The number of aliphatic hydroxyl groups is 3. The van der Waals surface area contributed by atoms with Gasteiger partial charge in [-0.3, -0.25) is 0 Å². The quantitative estimate of drug-likeness (QED) is 0.228. The zero-order valence-corrected chi connectivity index (χ0v) is 3.57. The molecule has 0 atom stereocenters. The van der Waals surface area contributed by atoms with E-state index in [2.05, 4.69) is 11.5 Å². The van der Waals surface area contributed by atoms with Crippen LogP contribution in [-0.2, 0) is 0 Å². The Kier molecular flexibility index (Phi) is 1.68. The van der Waals surface area contributed by atoms with E-state index >= 15 is 0 Å². The maximum Gasteiger partial charge on any atom is 0.305 e. The monoisotopic (exact) mass is 108 g/mol. The van der Waals surface area contributed by atoms with Gasteiger partial charge < -0.3 is 26.8 Å². The molecule has 0 rings (SSSR count). The zero-order valence-electron chi connectivity index (χ0n) is 3.57. The second-order valence-electron chi connectivity index (χ2n) is 1.21. The highest BCUT2D eigenvalue weighted by molar-refractivity contribution is 4.57. The fourth-order valence-corrected chi connectivity index (χ4v) is 0. The van der Waals surface area contributed by atoms with Gasteiger partial charge in [-0.15, -0.1) is 0 Å². The van der Waals surface area contributed by atoms with Gasteiger partial charge in [0.2, 0.25) is 0 Å². The van der Waals surface area contributed by atoms with Crippen LogP contribution in [0.1, 0.15) is 0 Å². The zero-order chi connectivity index (χ0) is 6.08. The van der Waals surface area contributed by atoms with Crippen LogP contribution in [0.3, 0.4) is 0 Å². The molecule has 0 unspecified atom stereocenters. The summed E-state index contributed by atoms with van der Waals surface area (Å²) in [6.07, 6.45) is -1.53. The molecule has 0 saturated heterocycles. The second-order valence-corrected chi connectivity index (χ2v) is 1.21. The van der Waals surface area contributed by atoms with Gasteiger partial charge in [-0.25, -0.2) is 0 Å². The lowest BCUT2D eigenvalue weighted by atomic mass is 10.5. The van der Waals surface area contributed by atoms with Crippen LogP contribution >= 0.6 is 0 Å². The van der Waals surface area contributed by atoms with Crippen LogP contribution in [0.4, 0.5) is 0 Å². The first-order valence-electron chi connectivity index (χ1n) is 1.63. The second kappa shape index (κ2) is 1.73. The Morgan fingerprint density at radius 1 is 1.14 bits per heavy atom. The van der Waals surface area contributed by atoms with Crippen LogP contribution in [-0.4, -0.2) is 27.5 Å². The maximum atomic E-state index is 7.96. The smallest absolute Gasteiger partial charge is 0.305 e.